The van der Waals surface area contributed by atoms with Gasteiger partial charge in [0.2, 0.25) is 0 Å². The number of carbonyl (C=O) groups is 2. The predicted molar refractivity (Wildman–Crippen MR) is 96.0 cm³/mol. The van der Waals surface area contributed by atoms with Crippen LogP contribution in [0, 0.1) is 0 Å². The van der Waals surface area contributed by atoms with E-state index in [9.17, 15) is 9.59 Å². The molecule has 0 saturated heterocycles. The van der Waals surface area contributed by atoms with E-state index < -0.39 is 0 Å². The third-order valence-corrected chi connectivity index (χ3v) is 4.17. The fourth-order valence-corrected chi connectivity index (χ4v) is 2.58. The number of nitrogens with zero attached hydrogens (tertiary/aromatic N) is 2. The molecule has 0 heterocycles. The minimum absolute atomic E-state index is 0.0256. The van der Waals surface area contributed by atoms with Crippen molar-refractivity contribution in [1.29, 1.82) is 0 Å². The zero-order valence-electron chi connectivity index (χ0n) is 15.2. The van der Waals surface area contributed by atoms with Gasteiger partial charge < -0.3 is 14.5 Å². The van der Waals surface area contributed by atoms with Crippen molar-refractivity contribution >= 4 is 11.9 Å². The van der Waals surface area contributed by atoms with E-state index in [4.69, 9.17) is 0 Å². The number of ether oxygens (including phenoxy) is 1. The highest BCUT2D eigenvalue weighted by molar-refractivity contribution is 5.94. The number of methoxy groups -OCH3 is 1. The second-order valence-corrected chi connectivity index (χ2v) is 5.72. The van der Waals surface area contributed by atoms with Gasteiger partial charge in [0.25, 0.3) is 5.91 Å². The summed E-state index contributed by atoms with van der Waals surface area (Å²) in [4.78, 5) is 28.2. The van der Waals surface area contributed by atoms with Crippen molar-refractivity contribution in [3.63, 3.8) is 0 Å². The van der Waals surface area contributed by atoms with Gasteiger partial charge in [0.15, 0.2) is 0 Å². The molecule has 5 nitrogen and oxygen atoms in total. The van der Waals surface area contributed by atoms with Gasteiger partial charge in [-0.2, -0.15) is 0 Å². The molecule has 1 rings (SSSR count). The molecule has 0 unspecified atom stereocenters. The zero-order chi connectivity index (χ0) is 17.8. The van der Waals surface area contributed by atoms with Crippen molar-refractivity contribution < 1.29 is 14.3 Å². The van der Waals surface area contributed by atoms with Crippen molar-refractivity contribution in [1.82, 2.24) is 9.80 Å². The Hall–Kier alpha value is -1.88. The van der Waals surface area contributed by atoms with Crippen LogP contribution in [0.25, 0.3) is 0 Å². The summed E-state index contributed by atoms with van der Waals surface area (Å²) in [5.41, 5.74) is 0.658. The molecular weight excluding hydrogens is 304 g/mol. The topological polar surface area (TPSA) is 49.9 Å². The summed E-state index contributed by atoms with van der Waals surface area (Å²) >= 11 is 0. The molecule has 0 aromatic heterocycles. The average molecular weight is 334 g/mol. The molecule has 5 heteroatoms. The van der Waals surface area contributed by atoms with Crippen molar-refractivity contribution in [2.45, 2.75) is 33.1 Å². The fourth-order valence-electron chi connectivity index (χ4n) is 2.58. The van der Waals surface area contributed by atoms with Gasteiger partial charge in [0.1, 0.15) is 0 Å². The number of benzene rings is 1. The average Bonchev–Trinajstić information content (AvgIpc) is 2.64. The Labute approximate surface area is 145 Å². The lowest BCUT2D eigenvalue weighted by Crippen LogP contribution is -2.34. The van der Waals surface area contributed by atoms with Crippen LogP contribution in [0.2, 0.25) is 0 Å². The van der Waals surface area contributed by atoms with Gasteiger partial charge in [-0.1, -0.05) is 32.0 Å². The first-order chi connectivity index (χ1) is 11.6. The smallest absolute Gasteiger partial charge is 0.307 e. The molecule has 1 aromatic carbocycles. The Kier molecular flexibility index (Phi) is 9.77. The third kappa shape index (κ3) is 7.13. The molecule has 0 saturated carbocycles. The maximum Gasteiger partial charge on any atom is 0.307 e. The van der Waals surface area contributed by atoms with Crippen LogP contribution >= 0.6 is 0 Å². The first-order valence-electron chi connectivity index (χ1n) is 8.75. The summed E-state index contributed by atoms with van der Waals surface area (Å²) in [5.74, 6) is -0.314. The van der Waals surface area contributed by atoms with Crippen LogP contribution in [0.15, 0.2) is 30.3 Å². The second kappa shape index (κ2) is 11.6. The van der Waals surface area contributed by atoms with Crippen LogP contribution < -0.4 is 0 Å². The largest absolute Gasteiger partial charge is 0.469 e. The van der Waals surface area contributed by atoms with Crippen LogP contribution in [0.5, 0.6) is 0 Å². The molecule has 0 atom stereocenters. The lowest BCUT2D eigenvalue weighted by Gasteiger charge is -2.23. The van der Waals surface area contributed by atoms with Crippen LogP contribution in [0.1, 0.15) is 43.5 Å². The molecule has 24 heavy (non-hydrogen) atoms. The first-order valence-corrected chi connectivity index (χ1v) is 8.75. The van der Waals surface area contributed by atoms with Gasteiger partial charge >= 0.3 is 5.97 Å². The number of amides is 1. The first kappa shape index (κ1) is 20.2. The molecule has 1 amide bonds. The molecule has 0 aliphatic carbocycles. The Morgan fingerprint density at radius 2 is 1.58 bits per heavy atom. The predicted octanol–water partition coefficient (Wildman–Crippen LogP) is 2.81. The molecule has 0 bridgehead atoms. The summed E-state index contributed by atoms with van der Waals surface area (Å²) in [6.45, 7) is 8.50. The minimum atomic E-state index is -0.288. The summed E-state index contributed by atoms with van der Waals surface area (Å²) < 4.78 is 4.69. The number of hydrogen-bond donors (Lipinski definition) is 0. The fraction of sp³-hybridized carbons (Fsp3) is 0.579. The second-order valence-electron chi connectivity index (χ2n) is 5.72. The van der Waals surface area contributed by atoms with E-state index in [0.717, 1.165) is 32.5 Å². The number of rotatable bonds is 11. The van der Waals surface area contributed by atoms with Crippen LogP contribution in [-0.2, 0) is 9.53 Å². The number of hydrogen-bond acceptors (Lipinski definition) is 4. The number of carbonyl (C=O) groups excluding carboxylic acids is 2. The Morgan fingerprint density at radius 1 is 0.958 bits per heavy atom. The standard InChI is InChI=1S/C19H30N2O3/c1-4-20(5-2)14-9-10-15-21(16-13-18(22)24-3)19(23)17-11-7-6-8-12-17/h6-8,11-12H,4-5,9-10,13-16H2,1-3H3. The lowest BCUT2D eigenvalue weighted by atomic mass is 10.1. The quantitative estimate of drug-likeness (QED) is 0.461. The van der Waals surface area contributed by atoms with Crippen molar-refractivity contribution in [3.05, 3.63) is 35.9 Å². The van der Waals surface area contributed by atoms with E-state index in [2.05, 4.69) is 23.5 Å². The van der Waals surface area contributed by atoms with Crippen LogP contribution in [-0.4, -0.2) is 61.5 Å². The molecule has 1 aromatic rings. The molecule has 0 aliphatic heterocycles. The third-order valence-electron chi connectivity index (χ3n) is 4.17. The maximum atomic E-state index is 12.6. The SMILES string of the molecule is CCN(CC)CCCCN(CCC(=O)OC)C(=O)c1ccccc1. The van der Waals surface area contributed by atoms with E-state index >= 15 is 0 Å². The van der Waals surface area contributed by atoms with Crippen molar-refractivity contribution in [2.24, 2.45) is 0 Å². The molecule has 134 valence electrons. The lowest BCUT2D eigenvalue weighted by molar-refractivity contribution is -0.140. The highest BCUT2D eigenvalue weighted by atomic mass is 16.5. The monoisotopic (exact) mass is 334 g/mol. The van der Waals surface area contributed by atoms with Gasteiger partial charge in [-0.05, 0) is 44.6 Å². The molecule has 0 radical (unpaired) electrons. The Morgan fingerprint density at radius 3 is 2.17 bits per heavy atom. The van der Waals surface area contributed by atoms with E-state index in [1.54, 1.807) is 4.90 Å². The van der Waals surface area contributed by atoms with E-state index in [-0.39, 0.29) is 18.3 Å². The summed E-state index contributed by atoms with van der Waals surface area (Å²) in [5, 5.41) is 0. The Bertz CT molecular complexity index is 487. The van der Waals surface area contributed by atoms with Gasteiger partial charge in [0.05, 0.1) is 13.5 Å². The number of esters is 1. The van der Waals surface area contributed by atoms with Crippen LogP contribution in [0.4, 0.5) is 0 Å². The summed E-state index contributed by atoms with van der Waals surface area (Å²) in [6.07, 6.45) is 2.19. The molecular formula is C19H30N2O3. The Balaban J connectivity index is 2.57. The molecule has 0 N–H and O–H groups in total. The van der Waals surface area contributed by atoms with Gasteiger partial charge in [-0.25, -0.2) is 0 Å². The van der Waals surface area contributed by atoms with Gasteiger partial charge in [-0.3, -0.25) is 9.59 Å². The summed E-state index contributed by atoms with van der Waals surface area (Å²) in [6, 6.07) is 9.21. The van der Waals surface area contributed by atoms with E-state index in [0.29, 0.717) is 18.7 Å². The minimum Gasteiger partial charge on any atom is -0.469 e. The van der Waals surface area contributed by atoms with E-state index in [1.807, 2.05) is 30.3 Å². The summed E-state index contributed by atoms with van der Waals surface area (Å²) in [7, 11) is 1.37. The molecule has 0 aliphatic rings. The van der Waals surface area contributed by atoms with Crippen molar-refractivity contribution in [2.75, 3.05) is 39.8 Å². The van der Waals surface area contributed by atoms with Gasteiger partial charge in [0, 0.05) is 18.7 Å². The van der Waals surface area contributed by atoms with E-state index in [1.165, 1.54) is 7.11 Å². The number of unbranched alkanes of at least 4 members (excludes halogenated alkanes) is 1. The van der Waals surface area contributed by atoms with Gasteiger partial charge in [-0.15, -0.1) is 0 Å². The zero-order valence-corrected chi connectivity index (χ0v) is 15.2. The highest BCUT2D eigenvalue weighted by Crippen LogP contribution is 2.08. The highest BCUT2D eigenvalue weighted by Gasteiger charge is 2.16. The normalized spacial score (nSPS) is 10.7. The van der Waals surface area contributed by atoms with Crippen LogP contribution in [0.3, 0.4) is 0 Å². The van der Waals surface area contributed by atoms with Crippen molar-refractivity contribution in [3.8, 4) is 0 Å². The molecule has 0 spiro atoms. The molecule has 0 fully saturated rings. The maximum absolute atomic E-state index is 12.6.